The molecule has 2 aliphatic heterocycles. The van der Waals surface area contributed by atoms with Crippen molar-refractivity contribution in [3.63, 3.8) is 0 Å². The lowest BCUT2D eigenvalue weighted by Crippen LogP contribution is -2.53. The van der Waals surface area contributed by atoms with Crippen molar-refractivity contribution in [2.45, 2.75) is 32.6 Å². The van der Waals surface area contributed by atoms with Gasteiger partial charge in [-0.3, -0.25) is 9.59 Å². The number of carbonyl (C=O) groups excluding carboxylic acids is 2. The minimum atomic E-state index is -0.436. The van der Waals surface area contributed by atoms with Gasteiger partial charge in [0.25, 0.3) is 0 Å². The Morgan fingerprint density at radius 2 is 1.94 bits per heavy atom. The van der Waals surface area contributed by atoms with Crippen LogP contribution < -0.4 is 4.74 Å². The maximum Gasteiger partial charge on any atom is 0.228 e. The number of likely N-dealkylation sites (N-methyl/N-ethyl adjacent to an activating group) is 1. The number of hydrogen-bond acceptors (Lipinski definition) is 6. The van der Waals surface area contributed by atoms with Crippen molar-refractivity contribution in [3.05, 3.63) is 45.4 Å². The molecule has 1 aromatic heterocycles. The second kappa shape index (κ2) is 11.1. The number of piperazine rings is 1. The fraction of sp³-hybridized carbons (Fsp3) is 0.560. The summed E-state index contributed by atoms with van der Waals surface area (Å²) >= 11 is 7.70. The summed E-state index contributed by atoms with van der Waals surface area (Å²) in [5.74, 6) is 0.886. The Morgan fingerprint density at radius 1 is 1.15 bits per heavy atom. The maximum absolute atomic E-state index is 13.3. The molecule has 0 aliphatic carbocycles. The molecule has 0 saturated carbocycles. The summed E-state index contributed by atoms with van der Waals surface area (Å²) in [6.45, 7) is 6.77. The fourth-order valence-corrected chi connectivity index (χ4v) is 5.56. The van der Waals surface area contributed by atoms with Crippen LogP contribution in [0.3, 0.4) is 0 Å². The topological polar surface area (TPSA) is 66.0 Å². The van der Waals surface area contributed by atoms with Crippen molar-refractivity contribution in [2.75, 3.05) is 52.9 Å². The van der Waals surface area contributed by atoms with Gasteiger partial charge in [0.05, 0.1) is 23.7 Å². The first-order valence-corrected chi connectivity index (χ1v) is 13.1. The zero-order valence-corrected chi connectivity index (χ0v) is 21.5. The van der Waals surface area contributed by atoms with Gasteiger partial charge in [-0.25, -0.2) is 4.98 Å². The number of likely N-dealkylation sites (tertiary alicyclic amines) is 1. The maximum atomic E-state index is 13.3. The standard InChI is InChI=1S/C25H33ClN4O3S/c1-19-27-21(16-34-19)14-23(31)30-8-4-7-25(17-30,18-33-22-6-3-5-20(26)13-22)15-24(32)29-11-9-28(2)10-12-29/h3,5-6,13,16H,4,7-12,14-15,17-18H2,1-2H3/t25-/m1/s1. The van der Waals surface area contributed by atoms with E-state index in [9.17, 15) is 9.59 Å². The zero-order chi connectivity index (χ0) is 24.1. The molecule has 2 saturated heterocycles. The highest BCUT2D eigenvalue weighted by Crippen LogP contribution is 2.36. The van der Waals surface area contributed by atoms with Crippen LogP contribution in [0.15, 0.2) is 29.6 Å². The summed E-state index contributed by atoms with van der Waals surface area (Å²) in [5.41, 5.74) is 0.377. The van der Waals surface area contributed by atoms with Gasteiger partial charge in [0, 0.05) is 61.5 Å². The molecule has 0 unspecified atom stereocenters. The van der Waals surface area contributed by atoms with Crippen molar-refractivity contribution in [1.29, 1.82) is 0 Å². The van der Waals surface area contributed by atoms with Crippen LogP contribution in [0.25, 0.3) is 0 Å². The lowest BCUT2D eigenvalue weighted by Gasteiger charge is -2.43. The van der Waals surface area contributed by atoms with Gasteiger partial charge in [-0.15, -0.1) is 11.3 Å². The quantitative estimate of drug-likeness (QED) is 0.577. The van der Waals surface area contributed by atoms with Crippen LogP contribution in [-0.2, 0) is 16.0 Å². The average molecular weight is 505 g/mol. The molecule has 0 bridgehead atoms. The van der Waals surface area contributed by atoms with Crippen molar-refractivity contribution >= 4 is 34.8 Å². The predicted octanol–water partition coefficient (Wildman–Crippen LogP) is 3.50. The minimum absolute atomic E-state index is 0.0594. The number of halogens is 1. The minimum Gasteiger partial charge on any atom is -0.493 e. The molecule has 4 rings (SSSR count). The molecule has 184 valence electrons. The Morgan fingerprint density at radius 3 is 2.65 bits per heavy atom. The van der Waals surface area contributed by atoms with Crippen molar-refractivity contribution < 1.29 is 14.3 Å². The second-order valence-electron chi connectivity index (χ2n) is 9.56. The van der Waals surface area contributed by atoms with Crippen molar-refractivity contribution in [2.24, 2.45) is 5.41 Å². The van der Waals surface area contributed by atoms with Crippen molar-refractivity contribution in [1.82, 2.24) is 19.7 Å². The molecule has 1 aromatic carbocycles. The van der Waals surface area contributed by atoms with Gasteiger partial charge >= 0.3 is 0 Å². The number of benzene rings is 1. The number of carbonyl (C=O) groups is 2. The SMILES string of the molecule is Cc1nc(CC(=O)N2CCC[C@@](COc3cccc(Cl)c3)(CC(=O)N3CCN(C)CC3)C2)cs1. The molecular formula is C25H33ClN4O3S. The number of amides is 2. The van der Waals surface area contributed by atoms with Crippen LogP contribution in [0.4, 0.5) is 0 Å². The Bertz CT molecular complexity index is 1010. The molecule has 2 fully saturated rings. The highest BCUT2D eigenvalue weighted by molar-refractivity contribution is 7.09. The molecule has 2 amide bonds. The number of rotatable bonds is 7. The van der Waals surface area contributed by atoms with E-state index in [4.69, 9.17) is 16.3 Å². The van der Waals surface area contributed by atoms with Gasteiger partial charge in [-0.2, -0.15) is 0 Å². The van der Waals surface area contributed by atoms with Crippen LogP contribution in [0.5, 0.6) is 5.75 Å². The first kappa shape index (κ1) is 24.9. The lowest BCUT2D eigenvalue weighted by molar-refractivity contribution is -0.142. The Kier molecular flexibility index (Phi) is 8.11. The number of piperidine rings is 1. The number of thiazole rings is 1. The molecule has 2 aromatic rings. The van der Waals surface area contributed by atoms with E-state index in [1.807, 2.05) is 40.3 Å². The van der Waals surface area contributed by atoms with Crippen LogP contribution in [0, 0.1) is 12.3 Å². The molecular weight excluding hydrogens is 472 g/mol. The molecule has 0 radical (unpaired) electrons. The number of aryl methyl sites for hydroxylation is 1. The second-order valence-corrected chi connectivity index (χ2v) is 11.1. The van der Waals surface area contributed by atoms with Crippen LogP contribution >= 0.6 is 22.9 Å². The van der Waals surface area contributed by atoms with Gasteiger partial charge in [-0.1, -0.05) is 17.7 Å². The summed E-state index contributed by atoms with van der Waals surface area (Å²) in [4.78, 5) is 37.0. The Balaban J connectivity index is 1.48. The average Bonchev–Trinajstić information content (AvgIpc) is 3.23. The van der Waals surface area contributed by atoms with E-state index in [0.717, 1.165) is 49.7 Å². The molecule has 0 N–H and O–H groups in total. The van der Waals surface area contributed by atoms with Crippen LogP contribution in [-0.4, -0.2) is 84.4 Å². The summed E-state index contributed by atoms with van der Waals surface area (Å²) < 4.78 is 6.17. The fourth-order valence-electron chi connectivity index (χ4n) is 4.77. The number of nitrogens with zero attached hydrogens (tertiary/aromatic N) is 4. The largest absolute Gasteiger partial charge is 0.493 e. The van der Waals surface area contributed by atoms with Gasteiger partial charge in [0.15, 0.2) is 0 Å². The highest BCUT2D eigenvalue weighted by Gasteiger charge is 2.41. The third-order valence-corrected chi connectivity index (χ3v) is 7.79. The number of hydrogen-bond donors (Lipinski definition) is 0. The van der Waals surface area contributed by atoms with Gasteiger partial charge in [0.2, 0.25) is 11.8 Å². The highest BCUT2D eigenvalue weighted by atomic mass is 35.5. The van der Waals surface area contributed by atoms with Crippen LogP contribution in [0.1, 0.15) is 30.0 Å². The van der Waals surface area contributed by atoms with E-state index >= 15 is 0 Å². The van der Waals surface area contributed by atoms with Gasteiger partial charge < -0.3 is 19.4 Å². The zero-order valence-electron chi connectivity index (χ0n) is 20.0. The molecule has 34 heavy (non-hydrogen) atoms. The Hall–Kier alpha value is -2.16. The molecule has 3 heterocycles. The third kappa shape index (κ3) is 6.49. The van der Waals surface area contributed by atoms with E-state index in [1.165, 1.54) is 0 Å². The molecule has 0 spiro atoms. The predicted molar refractivity (Wildman–Crippen MR) is 134 cm³/mol. The molecule has 9 heteroatoms. The lowest BCUT2D eigenvalue weighted by atomic mass is 9.77. The number of aromatic nitrogens is 1. The van der Waals surface area contributed by atoms with Crippen LogP contribution in [0.2, 0.25) is 5.02 Å². The first-order valence-electron chi connectivity index (χ1n) is 11.9. The Labute approximate surface area is 210 Å². The summed E-state index contributed by atoms with van der Waals surface area (Å²) in [6.07, 6.45) is 2.35. The normalized spacial score (nSPS) is 21.5. The van der Waals surface area contributed by atoms with Crippen molar-refractivity contribution in [3.8, 4) is 5.75 Å². The smallest absolute Gasteiger partial charge is 0.228 e. The van der Waals surface area contributed by atoms with E-state index in [2.05, 4.69) is 16.9 Å². The molecule has 1 atom stereocenters. The number of ether oxygens (including phenoxy) is 1. The summed E-state index contributed by atoms with van der Waals surface area (Å²) in [5, 5.41) is 3.52. The van der Waals surface area contributed by atoms with E-state index in [0.29, 0.717) is 43.3 Å². The molecule has 2 aliphatic rings. The summed E-state index contributed by atoms with van der Waals surface area (Å²) in [7, 11) is 2.08. The first-order chi connectivity index (χ1) is 16.3. The molecule has 7 nitrogen and oxygen atoms in total. The van der Waals surface area contributed by atoms with E-state index in [-0.39, 0.29) is 11.8 Å². The van der Waals surface area contributed by atoms with Gasteiger partial charge in [0.1, 0.15) is 5.75 Å². The summed E-state index contributed by atoms with van der Waals surface area (Å²) in [6, 6.07) is 7.32. The van der Waals surface area contributed by atoms with E-state index < -0.39 is 5.41 Å². The van der Waals surface area contributed by atoms with E-state index in [1.54, 1.807) is 17.4 Å². The monoisotopic (exact) mass is 504 g/mol. The van der Waals surface area contributed by atoms with Gasteiger partial charge in [-0.05, 0) is 45.0 Å². The third-order valence-electron chi connectivity index (χ3n) is 6.74.